The molecule has 21 heavy (non-hydrogen) atoms. The van der Waals surface area contributed by atoms with Gasteiger partial charge in [-0.25, -0.2) is 4.98 Å². The van der Waals surface area contributed by atoms with Crippen molar-refractivity contribution in [3.63, 3.8) is 0 Å². The van der Waals surface area contributed by atoms with Gasteiger partial charge in [0.1, 0.15) is 11.6 Å². The van der Waals surface area contributed by atoms with Gasteiger partial charge in [0, 0.05) is 24.0 Å². The van der Waals surface area contributed by atoms with Gasteiger partial charge in [-0.05, 0) is 47.5 Å². The zero-order valence-corrected chi connectivity index (χ0v) is 14.0. The lowest BCUT2D eigenvalue weighted by Crippen LogP contribution is -2.06. The van der Waals surface area contributed by atoms with E-state index in [4.69, 9.17) is 4.74 Å². The topological polar surface area (TPSA) is 59.1 Å². The number of methoxy groups -OCH3 is 1. The smallest absolute Gasteiger partial charge is 0.224 e. The first kappa shape index (κ1) is 15.6. The number of hydrogen-bond donors (Lipinski definition) is 2. The van der Waals surface area contributed by atoms with Crippen molar-refractivity contribution in [3.05, 3.63) is 34.4 Å². The lowest BCUT2D eigenvalue weighted by Gasteiger charge is -2.12. The number of rotatable bonds is 6. The summed E-state index contributed by atoms with van der Waals surface area (Å²) in [4.78, 5) is 8.77. The lowest BCUT2D eigenvalue weighted by atomic mass is 10.3. The second-order valence-corrected chi connectivity index (χ2v) is 5.48. The maximum absolute atomic E-state index is 5.23. The molecule has 5 nitrogen and oxygen atoms in total. The Labute approximate surface area is 133 Å². The molecule has 0 fully saturated rings. The minimum Gasteiger partial charge on any atom is -0.496 e. The highest BCUT2D eigenvalue weighted by Gasteiger charge is 2.06. The molecule has 1 aromatic carbocycles. The zero-order chi connectivity index (χ0) is 15.2. The van der Waals surface area contributed by atoms with Gasteiger partial charge in [0.15, 0.2) is 0 Å². The molecule has 0 spiro atoms. The fourth-order valence-corrected chi connectivity index (χ4v) is 2.31. The first-order valence-corrected chi connectivity index (χ1v) is 7.61. The maximum atomic E-state index is 5.23. The van der Waals surface area contributed by atoms with Crippen LogP contribution < -0.4 is 15.4 Å². The van der Waals surface area contributed by atoms with E-state index in [9.17, 15) is 0 Å². The fraction of sp³-hybridized carbons (Fsp3) is 0.333. The predicted molar refractivity (Wildman–Crippen MR) is 89.5 cm³/mol. The van der Waals surface area contributed by atoms with Gasteiger partial charge in [0.25, 0.3) is 0 Å². The van der Waals surface area contributed by atoms with Gasteiger partial charge in [-0.3, -0.25) is 0 Å². The summed E-state index contributed by atoms with van der Waals surface area (Å²) in [6.45, 7) is 4.94. The van der Waals surface area contributed by atoms with E-state index in [1.54, 1.807) is 7.11 Å². The molecule has 6 heteroatoms. The average molecular weight is 351 g/mol. The minimum absolute atomic E-state index is 0.637. The molecular weight excluding hydrogens is 332 g/mol. The number of ether oxygens (including phenoxy) is 1. The van der Waals surface area contributed by atoms with Gasteiger partial charge in [-0.15, -0.1) is 0 Å². The van der Waals surface area contributed by atoms with Gasteiger partial charge in [0.05, 0.1) is 11.6 Å². The molecule has 0 aliphatic heterocycles. The number of halogens is 1. The zero-order valence-electron chi connectivity index (χ0n) is 12.4. The van der Waals surface area contributed by atoms with Crippen molar-refractivity contribution in [3.8, 4) is 5.75 Å². The molecule has 0 radical (unpaired) electrons. The van der Waals surface area contributed by atoms with Gasteiger partial charge in [-0.2, -0.15) is 4.98 Å². The normalized spacial score (nSPS) is 10.3. The minimum atomic E-state index is 0.637. The summed E-state index contributed by atoms with van der Waals surface area (Å²) < 4.78 is 6.12. The summed E-state index contributed by atoms with van der Waals surface area (Å²) >= 11 is 3.48. The highest BCUT2D eigenvalue weighted by atomic mass is 79.9. The van der Waals surface area contributed by atoms with Crippen molar-refractivity contribution in [2.45, 2.75) is 20.3 Å². The number of aromatic nitrogens is 2. The Morgan fingerprint density at radius 3 is 2.81 bits per heavy atom. The predicted octanol–water partition coefficient (Wildman–Crippen LogP) is 4.12. The van der Waals surface area contributed by atoms with E-state index in [-0.39, 0.29) is 0 Å². The lowest BCUT2D eigenvalue weighted by molar-refractivity contribution is 0.412. The van der Waals surface area contributed by atoms with Crippen molar-refractivity contribution < 1.29 is 4.74 Å². The highest BCUT2D eigenvalue weighted by Crippen LogP contribution is 2.29. The number of nitrogens with one attached hydrogen (secondary N) is 2. The van der Waals surface area contributed by atoms with Crippen molar-refractivity contribution in [2.24, 2.45) is 0 Å². The molecule has 0 amide bonds. The molecule has 1 aromatic heterocycles. The fourth-order valence-electron chi connectivity index (χ4n) is 1.77. The molecule has 0 saturated carbocycles. The van der Waals surface area contributed by atoms with E-state index in [2.05, 4.69) is 43.5 Å². The molecule has 1 heterocycles. The van der Waals surface area contributed by atoms with E-state index in [1.165, 1.54) is 0 Å². The summed E-state index contributed by atoms with van der Waals surface area (Å²) in [6, 6.07) is 5.81. The van der Waals surface area contributed by atoms with Crippen molar-refractivity contribution in [2.75, 3.05) is 24.3 Å². The van der Waals surface area contributed by atoms with E-state index in [0.717, 1.165) is 40.3 Å². The Balaban J connectivity index is 2.20. The van der Waals surface area contributed by atoms with Crippen molar-refractivity contribution in [1.82, 2.24) is 9.97 Å². The Morgan fingerprint density at radius 1 is 1.33 bits per heavy atom. The summed E-state index contributed by atoms with van der Waals surface area (Å²) in [7, 11) is 1.65. The molecule has 0 aliphatic carbocycles. The van der Waals surface area contributed by atoms with Gasteiger partial charge in [-0.1, -0.05) is 6.92 Å². The number of hydrogen-bond acceptors (Lipinski definition) is 5. The number of benzene rings is 1. The number of nitrogens with zero attached hydrogens (tertiary/aromatic N) is 2. The first-order chi connectivity index (χ1) is 10.1. The quantitative estimate of drug-likeness (QED) is 0.820. The third-order valence-electron chi connectivity index (χ3n) is 2.92. The van der Waals surface area contributed by atoms with Gasteiger partial charge < -0.3 is 15.4 Å². The largest absolute Gasteiger partial charge is 0.496 e. The first-order valence-electron chi connectivity index (χ1n) is 6.82. The molecule has 0 bridgehead atoms. The highest BCUT2D eigenvalue weighted by molar-refractivity contribution is 9.10. The molecule has 2 aromatic rings. The second-order valence-electron chi connectivity index (χ2n) is 4.63. The Morgan fingerprint density at radius 2 is 2.14 bits per heavy atom. The summed E-state index contributed by atoms with van der Waals surface area (Å²) in [6.07, 6.45) is 2.84. The van der Waals surface area contributed by atoms with Gasteiger partial charge in [0.2, 0.25) is 5.95 Å². The standard InChI is InChI=1S/C15H19BrN4O/c1-4-7-17-15-18-9-10(2)14(20-15)19-11-5-6-13(21-3)12(16)8-11/h5-6,8-9H,4,7H2,1-3H3,(H2,17,18,19,20). The second kappa shape index (κ2) is 7.26. The Bertz CT molecular complexity index is 619. The Kier molecular flexibility index (Phi) is 5.38. The van der Waals surface area contributed by atoms with E-state index >= 15 is 0 Å². The van der Waals surface area contributed by atoms with Crippen LogP contribution in [0.4, 0.5) is 17.5 Å². The third kappa shape index (κ3) is 4.07. The van der Waals surface area contributed by atoms with E-state index in [1.807, 2.05) is 31.3 Å². The van der Waals surface area contributed by atoms with Crippen LogP contribution in [0.1, 0.15) is 18.9 Å². The maximum Gasteiger partial charge on any atom is 0.224 e. The average Bonchev–Trinajstić information content (AvgIpc) is 2.48. The van der Waals surface area contributed by atoms with Crippen LogP contribution in [0.25, 0.3) is 0 Å². The Hall–Kier alpha value is -1.82. The molecule has 112 valence electrons. The molecule has 0 aliphatic rings. The summed E-state index contributed by atoms with van der Waals surface area (Å²) in [5, 5.41) is 6.49. The summed E-state index contributed by atoms with van der Waals surface area (Å²) in [5.74, 6) is 2.23. The van der Waals surface area contributed by atoms with Crippen LogP contribution in [0.3, 0.4) is 0 Å². The molecule has 2 rings (SSSR count). The molecular formula is C15H19BrN4O. The monoisotopic (exact) mass is 350 g/mol. The molecule has 0 unspecified atom stereocenters. The van der Waals surface area contributed by atoms with Crippen LogP contribution in [0.5, 0.6) is 5.75 Å². The van der Waals surface area contributed by atoms with Crippen LogP contribution >= 0.6 is 15.9 Å². The number of aryl methyl sites for hydroxylation is 1. The van der Waals surface area contributed by atoms with Crippen LogP contribution in [0, 0.1) is 6.92 Å². The van der Waals surface area contributed by atoms with Crippen molar-refractivity contribution in [1.29, 1.82) is 0 Å². The van der Waals surface area contributed by atoms with Crippen LogP contribution in [-0.4, -0.2) is 23.6 Å². The van der Waals surface area contributed by atoms with Crippen molar-refractivity contribution >= 4 is 33.4 Å². The van der Waals surface area contributed by atoms with Crippen LogP contribution in [0.15, 0.2) is 28.9 Å². The van der Waals surface area contributed by atoms with Crippen LogP contribution in [-0.2, 0) is 0 Å². The van der Waals surface area contributed by atoms with Gasteiger partial charge >= 0.3 is 0 Å². The molecule has 2 N–H and O–H groups in total. The number of anilines is 3. The molecule has 0 saturated heterocycles. The van der Waals surface area contributed by atoms with E-state index < -0.39 is 0 Å². The van der Waals surface area contributed by atoms with Crippen LogP contribution in [0.2, 0.25) is 0 Å². The van der Waals surface area contributed by atoms with E-state index in [0.29, 0.717) is 5.95 Å². The SMILES string of the molecule is CCCNc1ncc(C)c(Nc2ccc(OC)c(Br)c2)n1. The summed E-state index contributed by atoms with van der Waals surface area (Å²) in [5.41, 5.74) is 1.93. The third-order valence-corrected chi connectivity index (χ3v) is 3.54. The molecule has 0 atom stereocenters.